The predicted octanol–water partition coefficient (Wildman–Crippen LogP) is 7.84. The van der Waals surface area contributed by atoms with Gasteiger partial charge in [-0.2, -0.15) is 0 Å². The third-order valence-electron chi connectivity index (χ3n) is 6.46. The van der Waals surface area contributed by atoms with Crippen LogP contribution in [0.5, 0.6) is 5.75 Å². The molecule has 5 rings (SSSR count). The van der Waals surface area contributed by atoms with Crippen LogP contribution in [0.4, 0.5) is 5.69 Å². The van der Waals surface area contributed by atoms with E-state index in [1.54, 1.807) is 29.2 Å². The molecule has 1 aliphatic rings. The molecule has 0 saturated carbocycles. The molecular weight excluding hydrogens is 542 g/mol. The number of halogens is 2. The molecule has 36 heavy (non-hydrogen) atoms. The maximum Gasteiger partial charge on any atom is 0.295 e. The number of ether oxygens (including phenoxy) is 1. The van der Waals surface area contributed by atoms with Crippen molar-refractivity contribution in [2.24, 2.45) is 0 Å². The number of nitrogens with zero attached hydrogens (tertiary/aromatic N) is 1. The van der Waals surface area contributed by atoms with Crippen LogP contribution in [0.25, 0.3) is 11.0 Å². The third-order valence-corrected chi connectivity index (χ3v) is 7.36. The van der Waals surface area contributed by atoms with Gasteiger partial charge in [-0.3, -0.25) is 14.5 Å². The van der Waals surface area contributed by atoms with Gasteiger partial charge in [0, 0.05) is 15.2 Å². The van der Waals surface area contributed by atoms with Crippen molar-refractivity contribution < 1.29 is 13.9 Å². The Labute approximate surface area is 222 Å². The van der Waals surface area contributed by atoms with E-state index >= 15 is 0 Å². The van der Waals surface area contributed by atoms with Crippen LogP contribution in [0.15, 0.2) is 74.3 Å². The van der Waals surface area contributed by atoms with Crippen molar-refractivity contribution in [2.45, 2.75) is 39.2 Å². The standard InChI is InChI=1S/C29H25BrClNO4/c1-3-4-5-13-35-21-8-6-7-18(14-21)26-25-27(33)22-15-19(30)10-12-24(22)36-28(25)29(34)32(26)20-11-9-17(2)23(31)16-20/h6-12,14-16,26H,3-5,13H2,1-2H3. The number of unbranched alkanes of at least 4 members (excludes halogenated alkanes) is 2. The quantitative estimate of drug-likeness (QED) is 0.214. The van der Waals surface area contributed by atoms with Gasteiger partial charge in [0.2, 0.25) is 5.76 Å². The van der Waals surface area contributed by atoms with Crippen LogP contribution < -0.4 is 15.1 Å². The average molecular weight is 567 g/mol. The van der Waals surface area contributed by atoms with Crippen molar-refractivity contribution in [3.05, 3.63) is 103 Å². The second-order valence-corrected chi connectivity index (χ2v) is 10.3. The minimum Gasteiger partial charge on any atom is -0.494 e. The van der Waals surface area contributed by atoms with Gasteiger partial charge >= 0.3 is 0 Å². The van der Waals surface area contributed by atoms with E-state index in [0.29, 0.717) is 39.6 Å². The SMILES string of the molecule is CCCCCOc1cccc(C2c3c(oc4ccc(Br)cc4c3=O)C(=O)N2c2ccc(C)c(Cl)c2)c1. The summed E-state index contributed by atoms with van der Waals surface area (Å²) in [4.78, 5) is 29.2. The Morgan fingerprint density at radius 1 is 1.06 bits per heavy atom. The Bertz CT molecular complexity index is 1530. The lowest BCUT2D eigenvalue weighted by Crippen LogP contribution is -2.29. The van der Waals surface area contributed by atoms with Crippen LogP contribution in [0.3, 0.4) is 0 Å². The number of hydrogen-bond donors (Lipinski definition) is 0. The lowest BCUT2D eigenvalue weighted by molar-refractivity contribution is 0.0971. The molecule has 0 bridgehead atoms. The molecule has 184 valence electrons. The molecule has 7 heteroatoms. The fourth-order valence-electron chi connectivity index (χ4n) is 4.57. The van der Waals surface area contributed by atoms with Crippen molar-refractivity contribution in [1.29, 1.82) is 0 Å². The first-order chi connectivity index (χ1) is 17.4. The first-order valence-corrected chi connectivity index (χ1v) is 13.1. The van der Waals surface area contributed by atoms with Crippen molar-refractivity contribution in [1.82, 2.24) is 0 Å². The van der Waals surface area contributed by atoms with Gasteiger partial charge in [-0.1, -0.05) is 65.5 Å². The number of benzene rings is 3. The summed E-state index contributed by atoms with van der Waals surface area (Å²) in [6.45, 7) is 4.66. The Hall–Kier alpha value is -3.09. The zero-order chi connectivity index (χ0) is 25.4. The largest absolute Gasteiger partial charge is 0.494 e. The van der Waals surface area contributed by atoms with Crippen molar-refractivity contribution in [3.63, 3.8) is 0 Å². The van der Waals surface area contributed by atoms with Gasteiger partial charge < -0.3 is 9.15 Å². The highest BCUT2D eigenvalue weighted by atomic mass is 79.9. The second-order valence-electron chi connectivity index (χ2n) is 8.95. The van der Waals surface area contributed by atoms with Crippen LogP contribution in [-0.2, 0) is 0 Å². The molecule has 2 heterocycles. The van der Waals surface area contributed by atoms with Crippen molar-refractivity contribution in [3.8, 4) is 5.75 Å². The normalized spacial score (nSPS) is 14.9. The maximum atomic E-state index is 13.8. The van der Waals surface area contributed by atoms with Gasteiger partial charge in [0.05, 0.1) is 23.6 Å². The molecule has 0 aliphatic carbocycles. The smallest absolute Gasteiger partial charge is 0.295 e. The minimum absolute atomic E-state index is 0.0470. The lowest BCUT2D eigenvalue weighted by atomic mass is 9.98. The number of carbonyl (C=O) groups excluding carboxylic acids is 1. The molecule has 0 radical (unpaired) electrons. The van der Waals surface area contributed by atoms with Crippen LogP contribution in [0, 0.1) is 6.92 Å². The number of anilines is 1. The van der Waals surface area contributed by atoms with Gasteiger partial charge in [-0.25, -0.2) is 0 Å². The Morgan fingerprint density at radius 3 is 2.67 bits per heavy atom. The summed E-state index contributed by atoms with van der Waals surface area (Å²) in [7, 11) is 0. The number of carbonyl (C=O) groups is 1. The first kappa shape index (κ1) is 24.6. The monoisotopic (exact) mass is 565 g/mol. The van der Waals surface area contributed by atoms with E-state index < -0.39 is 6.04 Å². The molecule has 0 saturated heterocycles. The molecule has 1 unspecified atom stereocenters. The Morgan fingerprint density at radius 2 is 1.89 bits per heavy atom. The number of hydrogen-bond acceptors (Lipinski definition) is 4. The van der Waals surface area contributed by atoms with Crippen LogP contribution in [-0.4, -0.2) is 12.5 Å². The molecule has 0 N–H and O–H groups in total. The van der Waals surface area contributed by atoms with E-state index in [-0.39, 0.29) is 17.1 Å². The topological polar surface area (TPSA) is 59.8 Å². The molecule has 0 fully saturated rings. The van der Waals surface area contributed by atoms with Crippen LogP contribution in [0.2, 0.25) is 5.02 Å². The fourth-order valence-corrected chi connectivity index (χ4v) is 5.11. The number of rotatable bonds is 7. The molecule has 1 aromatic heterocycles. The molecule has 5 nitrogen and oxygen atoms in total. The van der Waals surface area contributed by atoms with Crippen molar-refractivity contribution in [2.75, 3.05) is 11.5 Å². The molecule has 1 aliphatic heterocycles. The van der Waals surface area contributed by atoms with Gasteiger partial charge in [0.1, 0.15) is 11.3 Å². The number of aryl methyl sites for hydroxylation is 1. The highest BCUT2D eigenvalue weighted by molar-refractivity contribution is 9.10. The van der Waals surface area contributed by atoms with Gasteiger partial charge in [0.25, 0.3) is 5.91 Å². The first-order valence-electron chi connectivity index (χ1n) is 12.0. The predicted molar refractivity (Wildman–Crippen MR) is 146 cm³/mol. The fraction of sp³-hybridized carbons (Fsp3) is 0.241. The molecule has 1 atom stereocenters. The van der Waals surface area contributed by atoms with Gasteiger partial charge in [-0.05, 0) is 66.9 Å². The summed E-state index contributed by atoms with van der Waals surface area (Å²) in [5.41, 5.74) is 2.69. The van der Waals surface area contributed by atoms with E-state index in [2.05, 4.69) is 22.9 Å². The highest BCUT2D eigenvalue weighted by Crippen LogP contribution is 2.42. The zero-order valence-electron chi connectivity index (χ0n) is 20.0. The van der Waals surface area contributed by atoms with E-state index in [1.807, 2.05) is 43.3 Å². The van der Waals surface area contributed by atoms with E-state index in [4.69, 9.17) is 20.8 Å². The van der Waals surface area contributed by atoms with Crippen LogP contribution >= 0.6 is 27.5 Å². The second kappa shape index (κ2) is 10.1. The molecule has 4 aromatic rings. The van der Waals surface area contributed by atoms with Crippen molar-refractivity contribution >= 4 is 50.1 Å². The number of amides is 1. The molecule has 1 amide bonds. The molecular formula is C29H25BrClNO4. The Balaban J connectivity index is 1.68. The zero-order valence-corrected chi connectivity index (χ0v) is 22.4. The molecule has 0 spiro atoms. The lowest BCUT2D eigenvalue weighted by Gasteiger charge is -2.26. The third kappa shape index (κ3) is 4.44. The summed E-state index contributed by atoms with van der Waals surface area (Å²) < 4.78 is 12.8. The molecule has 3 aromatic carbocycles. The maximum absolute atomic E-state index is 13.8. The van der Waals surface area contributed by atoms with Gasteiger partial charge in [0.15, 0.2) is 5.43 Å². The summed E-state index contributed by atoms with van der Waals surface area (Å²) in [5.74, 6) is 0.358. The van der Waals surface area contributed by atoms with Crippen LogP contribution in [0.1, 0.15) is 59.5 Å². The summed E-state index contributed by atoms with van der Waals surface area (Å²) in [5, 5.41) is 0.952. The Kier molecular flexibility index (Phi) is 6.91. The summed E-state index contributed by atoms with van der Waals surface area (Å²) in [6.07, 6.45) is 3.16. The summed E-state index contributed by atoms with van der Waals surface area (Å²) in [6, 6.07) is 17.5. The van der Waals surface area contributed by atoms with E-state index in [0.717, 1.165) is 34.9 Å². The van der Waals surface area contributed by atoms with Gasteiger partial charge in [-0.15, -0.1) is 0 Å². The average Bonchev–Trinajstić information content (AvgIpc) is 3.17. The minimum atomic E-state index is -0.690. The van der Waals surface area contributed by atoms with E-state index in [1.165, 1.54) is 0 Å². The van der Waals surface area contributed by atoms with E-state index in [9.17, 15) is 9.59 Å². The highest BCUT2D eigenvalue weighted by Gasteiger charge is 2.44. The summed E-state index contributed by atoms with van der Waals surface area (Å²) >= 11 is 9.88. The number of fused-ring (bicyclic) bond motifs is 2.